The van der Waals surface area contributed by atoms with E-state index in [0.29, 0.717) is 0 Å². The van der Waals surface area contributed by atoms with Crippen LogP contribution < -0.4 is 4.74 Å². The number of hydrogen-bond acceptors (Lipinski definition) is 3. The summed E-state index contributed by atoms with van der Waals surface area (Å²) < 4.78 is 4.76. The van der Waals surface area contributed by atoms with Crippen LogP contribution in [-0.4, -0.2) is 12.0 Å². The Morgan fingerprint density at radius 3 is 2.36 bits per heavy atom. The lowest BCUT2D eigenvalue weighted by atomic mass is 10.3. The number of hydrogen-bond donors (Lipinski definition) is 0. The van der Waals surface area contributed by atoms with E-state index in [4.69, 9.17) is 39.5 Å². The van der Waals surface area contributed by atoms with Crippen LogP contribution in [0.1, 0.15) is 0 Å². The van der Waals surface area contributed by atoms with Crippen molar-refractivity contribution < 1.29 is 9.66 Å². The van der Waals surface area contributed by atoms with E-state index in [9.17, 15) is 10.1 Å². The van der Waals surface area contributed by atoms with E-state index in [1.807, 2.05) is 0 Å². The first-order valence-electron chi connectivity index (χ1n) is 3.35. The smallest absolute Gasteiger partial charge is 0.314 e. The van der Waals surface area contributed by atoms with Gasteiger partial charge < -0.3 is 4.74 Å². The van der Waals surface area contributed by atoms with Crippen LogP contribution in [0, 0.1) is 10.1 Å². The Labute approximate surface area is 94.5 Å². The first-order chi connectivity index (χ1) is 6.49. The second-order valence-electron chi connectivity index (χ2n) is 2.30. The second-order valence-corrected chi connectivity index (χ2v) is 3.46. The van der Waals surface area contributed by atoms with Crippen LogP contribution in [0.3, 0.4) is 0 Å². The molecule has 0 aliphatic carbocycles. The maximum absolute atomic E-state index is 10.6. The van der Waals surface area contributed by atoms with Crippen molar-refractivity contribution >= 4 is 40.5 Å². The van der Waals surface area contributed by atoms with Gasteiger partial charge in [-0.05, 0) is 0 Å². The van der Waals surface area contributed by atoms with Gasteiger partial charge in [-0.25, -0.2) is 0 Å². The van der Waals surface area contributed by atoms with Crippen LogP contribution in [0.15, 0.2) is 6.07 Å². The van der Waals surface area contributed by atoms with Gasteiger partial charge in [0.1, 0.15) is 5.02 Å². The molecule has 1 rings (SSSR count). The molecule has 0 aromatic heterocycles. The number of nitrogens with zero attached hydrogens (tertiary/aromatic N) is 1. The SMILES string of the molecule is COc1c([N+](=O)[O-])cc(Cl)c(Cl)c1Cl. The quantitative estimate of drug-likeness (QED) is 0.462. The van der Waals surface area contributed by atoms with Crippen LogP contribution in [0.25, 0.3) is 0 Å². The summed E-state index contributed by atoms with van der Waals surface area (Å²) in [4.78, 5) is 9.92. The first-order valence-corrected chi connectivity index (χ1v) is 4.48. The maximum Gasteiger partial charge on any atom is 0.314 e. The summed E-state index contributed by atoms with van der Waals surface area (Å²) in [6.07, 6.45) is 0. The molecule has 14 heavy (non-hydrogen) atoms. The fourth-order valence-electron chi connectivity index (χ4n) is 0.896. The molecule has 4 nitrogen and oxygen atoms in total. The Morgan fingerprint density at radius 2 is 1.93 bits per heavy atom. The summed E-state index contributed by atoms with van der Waals surface area (Å²) in [6.45, 7) is 0. The van der Waals surface area contributed by atoms with Gasteiger partial charge in [0.25, 0.3) is 0 Å². The first kappa shape index (κ1) is 11.4. The molecule has 0 atom stereocenters. The van der Waals surface area contributed by atoms with Crippen LogP contribution in [0.2, 0.25) is 15.1 Å². The van der Waals surface area contributed by atoms with Crippen LogP contribution in [-0.2, 0) is 0 Å². The zero-order chi connectivity index (χ0) is 10.9. The van der Waals surface area contributed by atoms with Crippen LogP contribution in [0.5, 0.6) is 5.75 Å². The highest BCUT2D eigenvalue weighted by atomic mass is 35.5. The van der Waals surface area contributed by atoms with Crippen molar-refractivity contribution in [3.8, 4) is 5.75 Å². The average Bonchev–Trinajstić information content (AvgIpc) is 2.13. The molecule has 0 saturated heterocycles. The number of halogens is 3. The van der Waals surface area contributed by atoms with Crippen molar-refractivity contribution in [2.75, 3.05) is 7.11 Å². The molecule has 0 aliphatic rings. The van der Waals surface area contributed by atoms with Gasteiger partial charge in [0, 0.05) is 6.07 Å². The Kier molecular flexibility index (Phi) is 3.42. The summed E-state index contributed by atoms with van der Waals surface area (Å²) >= 11 is 17.0. The number of ether oxygens (including phenoxy) is 1. The molecule has 7 heteroatoms. The zero-order valence-corrected chi connectivity index (χ0v) is 9.15. The van der Waals surface area contributed by atoms with Crippen molar-refractivity contribution in [2.24, 2.45) is 0 Å². The number of benzene rings is 1. The van der Waals surface area contributed by atoms with E-state index in [0.717, 1.165) is 6.07 Å². The Hall–Kier alpha value is -0.710. The molecule has 0 spiro atoms. The molecule has 0 bridgehead atoms. The molecule has 0 amide bonds. The van der Waals surface area contributed by atoms with Gasteiger partial charge in [-0.2, -0.15) is 0 Å². The van der Waals surface area contributed by atoms with E-state index >= 15 is 0 Å². The standard InChI is InChI=1S/C7H4Cl3NO3/c1-14-7-4(11(12)13)2-3(8)5(9)6(7)10/h2H,1H3. The van der Waals surface area contributed by atoms with Crippen LogP contribution >= 0.6 is 34.8 Å². The minimum Gasteiger partial charge on any atom is -0.489 e. The van der Waals surface area contributed by atoms with Crippen LogP contribution in [0.4, 0.5) is 5.69 Å². The van der Waals surface area contributed by atoms with E-state index in [2.05, 4.69) is 0 Å². The highest BCUT2D eigenvalue weighted by Gasteiger charge is 2.22. The van der Waals surface area contributed by atoms with Crippen molar-refractivity contribution in [2.45, 2.75) is 0 Å². The molecular formula is C7H4Cl3NO3. The third kappa shape index (κ3) is 1.87. The lowest BCUT2D eigenvalue weighted by Gasteiger charge is -2.06. The summed E-state index contributed by atoms with van der Waals surface area (Å²) in [6, 6.07) is 1.09. The summed E-state index contributed by atoms with van der Waals surface area (Å²) in [5, 5.41) is 10.6. The normalized spacial score (nSPS) is 10.0. The van der Waals surface area contributed by atoms with E-state index < -0.39 is 4.92 Å². The maximum atomic E-state index is 10.6. The van der Waals surface area contributed by atoms with Gasteiger partial charge in [0.05, 0.1) is 22.1 Å². The third-order valence-electron chi connectivity index (χ3n) is 1.50. The van der Waals surface area contributed by atoms with Gasteiger partial charge in [-0.3, -0.25) is 10.1 Å². The predicted molar refractivity (Wildman–Crippen MR) is 54.7 cm³/mol. The molecule has 0 N–H and O–H groups in total. The zero-order valence-electron chi connectivity index (χ0n) is 6.88. The van der Waals surface area contributed by atoms with Crippen molar-refractivity contribution in [3.05, 3.63) is 31.2 Å². The summed E-state index contributed by atoms with van der Waals surface area (Å²) in [7, 11) is 1.26. The van der Waals surface area contributed by atoms with E-state index in [1.54, 1.807) is 0 Å². The molecular weight excluding hydrogens is 252 g/mol. The fraction of sp³-hybridized carbons (Fsp3) is 0.143. The van der Waals surface area contributed by atoms with Crippen molar-refractivity contribution in [1.82, 2.24) is 0 Å². The second kappa shape index (κ2) is 4.21. The monoisotopic (exact) mass is 255 g/mol. The molecule has 0 aliphatic heterocycles. The highest BCUT2D eigenvalue weighted by Crippen LogP contribution is 2.43. The van der Waals surface area contributed by atoms with Gasteiger partial charge in [-0.1, -0.05) is 34.8 Å². The lowest BCUT2D eigenvalue weighted by molar-refractivity contribution is -0.385. The number of rotatable bonds is 2. The molecule has 76 valence electrons. The van der Waals surface area contributed by atoms with Crippen molar-refractivity contribution in [1.29, 1.82) is 0 Å². The lowest BCUT2D eigenvalue weighted by Crippen LogP contribution is -1.95. The van der Waals surface area contributed by atoms with Crippen molar-refractivity contribution in [3.63, 3.8) is 0 Å². The molecule has 1 aromatic rings. The fourth-order valence-corrected chi connectivity index (χ4v) is 1.56. The summed E-state index contributed by atoms with van der Waals surface area (Å²) in [5.74, 6) is -0.0916. The Balaban J connectivity index is 3.51. The number of methoxy groups -OCH3 is 1. The minimum atomic E-state index is -0.646. The van der Waals surface area contributed by atoms with Gasteiger partial charge >= 0.3 is 5.69 Å². The van der Waals surface area contributed by atoms with Gasteiger partial charge in [-0.15, -0.1) is 0 Å². The van der Waals surface area contributed by atoms with E-state index in [1.165, 1.54) is 7.11 Å². The number of nitro groups is 1. The summed E-state index contributed by atoms with van der Waals surface area (Å²) in [5.41, 5.74) is -0.313. The van der Waals surface area contributed by atoms with Gasteiger partial charge in [0.2, 0.25) is 5.75 Å². The average molecular weight is 256 g/mol. The Morgan fingerprint density at radius 1 is 1.36 bits per heavy atom. The molecule has 0 fully saturated rings. The molecule has 0 saturated carbocycles. The minimum absolute atomic E-state index is 0.0177. The molecule has 0 unspecified atom stereocenters. The molecule has 0 radical (unpaired) electrons. The molecule has 0 heterocycles. The third-order valence-corrected chi connectivity index (χ3v) is 2.74. The predicted octanol–water partition coefficient (Wildman–Crippen LogP) is 3.56. The van der Waals surface area contributed by atoms with E-state index in [-0.39, 0.29) is 26.5 Å². The highest BCUT2D eigenvalue weighted by molar-refractivity contribution is 6.48. The largest absolute Gasteiger partial charge is 0.489 e. The Bertz CT molecular complexity index is 394. The van der Waals surface area contributed by atoms with Gasteiger partial charge in [0.15, 0.2) is 0 Å². The number of nitro benzene ring substituents is 1. The molecule has 1 aromatic carbocycles. The topological polar surface area (TPSA) is 52.4 Å².